The molecule has 0 amide bonds. The van der Waals surface area contributed by atoms with E-state index in [0.717, 1.165) is 43.7 Å². The summed E-state index contributed by atoms with van der Waals surface area (Å²) in [6.07, 6.45) is 8.26. The molecule has 0 radical (unpaired) electrons. The maximum atomic E-state index is 6.12. The molecule has 0 saturated heterocycles. The molecule has 0 atom stereocenters. The summed E-state index contributed by atoms with van der Waals surface area (Å²) in [5.74, 6) is 0. The first-order valence-corrected chi connectivity index (χ1v) is 7.63. The molecule has 1 aromatic heterocycles. The molecule has 0 N–H and O–H groups in total. The highest BCUT2D eigenvalue weighted by atomic mass is 35.5. The SMILES string of the molecule is C/C=C\C=C(/CC)CN1CCc2c(Cl)nc(Cl)nc2C1. The molecule has 1 aliphatic rings. The fourth-order valence-electron chi connectivity index (χ4n) is 2.35. The van der Waals surface area contributed by atoms with Crippen LogP contribution in [0.1, 0.15) is 31.5 Å². The van der Waals surface area contributed by atoms with Crippen LogP contribution in [0, 0.1) is 0 Å². The predicted octanol–water partition coefficient (Wildman–Crippen LogP) is 4.05. The first-order chi connectivity index (χ1) is 9.63. The van der Waals surface area contributed by atoms with Gasteiger partial charge in [-0.05, 0) is 31.4 Å². The number of hydrogen-bond donors (Lipinski definition) is 0. The van der Waals surface area contributed by atoms with E-state index in [1.165, 1.54) is 5.57 Å². The van der Waals surface area contributed by atoms with E-state index in [2.05, 4.69) is 33.9 Å². The maximum absolute atomic E-state index is 6.12. The van der Waals surface area contributed by atoms with Crippen LogP contribution in [0.15, 0.2) is 23.8 Å². The highest BCUT2D eigenvalue weighted by Gasteiger charge is 2.21. The van der Waals surface area contributed by atoms with E-state index < -0.39 is 0 Å². The Kier molecular flexibility index (Phi) is 5.58. The summed E-state index contributed by atoms with van der Waals surface area (Å²) < 4.78 is 0. The van der Waals surface area contributed by atoms with Crippen molar-refractivity contribution >= 4 is 23.2 Å². The molecule has 0 aliphatic carbocycles. The van der Waals surface area contributed by atoms with E-state index in [4.69, 9.17) is 23.2 Å². The molecule has 108 valence electrons. The number of aromatic nitrogens is 2. The largest absolute Gasteiger partial charge is 0.293 e. The van der Waals surface area contributed by atoms with Crippen molar-refractivity contribution in [1.29, 1.82) is 0 Å². The van der Waals surface area contributed by atoms with E-state index in [1.54, 1.807) is 0 Å². The molecule has 0 aromatic carbocycles. The van der Waals surface area contributed by atoms with Gasteiger partial charge in [0.15, 0.2) is 0 Å². The molecule has 1 aromatic rings. The summed E-state index contributed by atoms with van der Waals surface area (Å²) in [6, 6.07) is 0. The number of fused-ring (bicyclic) bond motifs is 1. The van der Waals surface area contributed by atoms with Gasteiger partial charge < -0.3 is 0 Å². The molecule has 0 spiro atoms. The Balaban J connectivity index is 2.11. The highest BCUT2D eigenvalue weighted by Crippen LogP contribution is 2.25. The van der Waals surface area contributed by atoms with Crippen molar-refractivity contribution in [3.05, 3.63) is 45.5 Å². The van der Waals surface area contributed by atoms with Crippen LogP contribution in [-0.4, -0.2) is 28.0 Å². The van der Waals surface area contributed by atoms with Crippen molar-refractivity contribution in [3.8, 4) is 0 Å². The number of allylic oxidation sites excluding steroid dienone is 3. The van der Waals surface area contributed by atoms with Crippen LogP contribution in [0.3, 0.4) is 0 Å². The molecular formula is C15H19Cl2N3. The van der Waals surface area contributed by atoms with E-state index >= 15 is 0 Å². The first kappa shape index (κ1) is 15.5. The Morgan fingerprint density at radius 3 is 2.85 bits per heavy atom. The molecule has 5 heteroatoms. The minimum Gasteiger partial charge on any atom is -0.293 e. The molecule has 0 fully saturated rings. The third-order valence-corrected chi connectivity index (χ3v) is 3.95. The van der Waals surface area contributed by atoms with Gasteiger partial charge in [0, 0.05) is 25.2 Å². The molecule has 0 unspecified atom stereocenters. The van der Waals surface area contributed by atoms with Crippen LogP contribution in [0.25, 0.3) is 0 Å². The lowest BCUT2D eigenvalue weighted by Gasteiger charge is -2.28. The van der Waals surface area contributed by atoms with Gasteiger partial charge >= 0.3 is 0 Å². The van der Waals surface area contributed by atoms with Gasteiger partial charge in [-0.15, -0.1) is 0 Å². The summed E-state index contributed by atoms with van der Waals surface area (Å²) in [7, 11) is 0. The third kappa shape index (κ3) is 3.81. The van der Waals surface area contributed by atoms with Gasteiger partial charge in [-0.25, -0.2) is 9.97 Å². The molecule has 2 heterocycles. The van der Waals surface area contributed by atoms with Gasteiger partial charge in [0.25, 0.3) is 0 Å². The lowest BCUT2D eigenvalue weighted by Crippen LogP contribution is -2.33. The van der Waals surface area contributed by atoms with Crippen molar-refractivity contribution in [2.45, 2.75) is 33.2 Å². The minimum atomic E-state index is 0.232. The summed E-state index contributed by atoms with van der Waals surface area (Å²) in [4.78, 5) is 10.7. The van der Waals surface area contributed by atoms with Gasteiger partial charge in [-0.1, -0.05) is 42.3 Å². The van der Waals surface area contributed by atoms with Crippen LogP contribution in [0.5, 0.6) is 0 Å². The van der Waals surface area contributed by atoms with Gasteiger partial charge in [0.1, 0.15) is 5.15 Å². The lowest BCUT2D eigenvalue weighted by atomic mass is 10.1. The number of nitrogens with zero attached hydrogens (tertiary/aromatic N) is 3. The van der Waals surface area contributed by atoms with Crippen molar-refractivity contribution in [3.63, 3.8) is 0 Å². The van der Waals surface area contributed by atoms with Crippen molar-refractivity contribution in [2.24, 2.45) is 0 Å². The Morgan fingerprint density at radius 1 is 1.35 bits per heavy atom. The van der Waals surface area contributed by atoms with E-state index in [1.807, 2.05) is 13.0 Å². The van der Waals surface area contributed by atoms with Gasteiger partial charge in [-0.2, -0.15) is 0 Å². The fourth-order valence-corrected chi connectivity index (χ4v) is 2.86. The Bertz CT molecular complexity index is 538. The van der Waals surface area contributed by atoms with Crippen LogP contribution in [0.4, 0.5) is 0 Å². The number of halogens is 2. The molecular weight excluding hydrogens is 293 g/mol. The minimum absolute atomic E-state index is 0.232. The molecule has 0 bridgehead atoms. The second kappa shape index (κ2) is 7.21. The second-order valence-corrected chi connectivity index (χ2v) is 5.57. The zero-order chi connectivity index (χ0) is 14.5. The first-order valence-electron chi connectivity index (χ1n) is 6.88. The van der Waals surface area contributed by atoms with Crippen molar-refractivity contribution in [1.82, 2.24) is 14.9 Å². The van der Waals surface area contributed by atoms with Crippen molar-refractivity contribution < 1.29 is 0 Å². The van der Waals surface area contributed by atoms with E-state index in [-0.39, 0.29) is 5.28 Å². The molecule has 2 rings (SSSR count). The van der Waals surface area contributed by atoms with E-state index in [9.17, 15) is 0 Å². The standard InChI is InChI=1S/C15H19Cl2N3/c1-3-5-6-11(4-2)9-20-8-7-12-13(10-20)18-15(17)19-14(12)16/h3,5-6H,4,7-10H2,1-2H3/b5-3-,11-6+. The summed E-state index contributed by atoms with van der Waals surface area (Å²) in [5, 5.41) is 0.732. The van der Waals surface area contributed by atoms with Crippen LogP contribution in [-0.2, 0) is 13.0 Å². The zero-order valence-corrected chi connectivity index (χ0v) is 13.4. The topological polar surface area (TPSA) is 29.0 Å². The monoisotopic (exact) mass is 311 g/mol. The Morgan fingerprint density at radius 2 is 2.15 bits per heavy atom. The third-order valence-electron chi connectivity index (χ3n) is 3.47. The zero-order valence-electron chi connectivity index (χ0n) is 11.9. The van der Waals surface area contributed by atoms with Gasteiger partial charge in [0.05, 0.1) is 5.69 Å². The highest BCUT2D eigenvalue weighted by molar-refractivity contribution is 6.32. The summed E-state index contributed by atoms with van der Waals surface area (Å²) >= 11 is 12.0. The van der Waals surface area contributed by atoms with Crippen LogP contribution in [0.2, 0.25) is 10.4 Å². The summed E-state index contributed by atoms with van der Waals surface area (Å²) in [5.41, 5.74) is 3.42. The van der Waals surface area contributed by atoms with Crippen LogP contribution < -0.4 is 0 Å². The van der Waals surface area contributed by atoms with Gasteiger partial charge in [-0.3, -0.25) is 4.90 Å². The quantitative estimate of drug-likeness (QED) is 0.477. The molecule has 20 heavy (non-hydrogen) atoms. The van der Waals surface area contributed by atoms with Gasteiger partial charge in [0.2, 0.25) is 5.28 Å². The van der Waals surface area contributed by atoms with Crippen LogP contribution >= 0.6 is 23.2 Å². The maximum Gasteiger partial charge on any atom is 0.224 e. The molecule has 3 nitrogen and oxygen atoms in total. The second-order valence-electron chi connectivity index (χ2n) is 4.87. The Labute approximate surface area is 130 Å². The summed E-state index contributed by atoms with van der Waals surface area (Å²) in [6.45, 7) is 6.93. The smallest absolute Gasteiger partial charge is 0.224 e. The molecule has 1 aliphatic heterocycles. The van der Waals surface area contributed by atoms with E-state index in [0.29, 0.717) is 5.15 Å². The average molecular weight is 312 g/mol. The normalized spacial score (nSPS) is 16.7. The number of hydrogen-bond acceptors (Lipinski definition) is 3. The number of rotatable bonds is 4. The van der Waals surface area contributed by atoms with Crippen molar-refractivity contribution in [2.75, 3.05) is 13.1 Å². The fraction of sp³-hybridized carbons (Fsp3) is 0.467. The predicted molar refractivity (Wildman–Crippen MR) is 84.2 cm³/mol. The molecule has 0 saturated carbocycles. The lowest BCUT2D eigenvalue weighted by molar-refractivity contribution is 0.269. The average Bonchev–Trinajstić information content (AvgIpc) is 2.42. The Hall–Kier alpha value is -0.900.